The van der Waals surface area contributed by atoms with Crippen molar-refractivity contribution in [3.63, 3.8) is 0 Å². The molecule has 50 valence electrons. The molecule has 0 spiro atoms. The Morgan fingerprint density at radius 1 is 1.67 bits per heavy atom. The van der Waals surface area contributed by atoms with Crippen LogP contribution in [-0.4, -0.2) is 13.1 Å². The fraction of sp³-hybridized carbons (Fsp3) is 0.833. The van der Waals surface area contributed by atoms with Crippen molar-refractivity contribution >= 4 is 0 Å². The van der Waals surface area contributed by atoms with Crippen LogP contribution >= 0.6 is 0 Å². The molecule has 0 radical (unpaired) electrons. The molecule has 3 nitrogen and oxygen atoms in total. The lowest BCUT2D eigenvalue weighted by Gasteiger charge is -1.99. The minimum Gasteiger partial charge on any atom is -0.330 e. The average Bonchev–Trinajstić information content (AvgIpc) is 2.63. The number of nitrogens with two attached hydrogens (primary N) is 2. The zero-order chi connectivity index (χ0) is 6.91. The highest BCUT2D eigenvalue weighted by Gasteiger charge is 2.52. The average molecular weight is 125 g/mol. The molecule has 2 atom stereocenters. The lowest BCUT2D eigenvalue weighted by atomic mass is 10.1. The first kappa shape index (κ1) is 6.53. The standard InChI is InChI=1S/C6H11N3/c7-2-5-1-6(5,3-8)4-9/h5H,1-3,7-8H2. The highest BCUT2D eigenvalue weighted by Crippen LogP contribution is 2.50. The number of rotatable bonds is 2. The summed E-state index contributed by atoms with van der Waals surface area (Å²) in [5.41, 5.74) is 10.5. The van der Waals surface area contributed by atoms with E-state index in [2.05, 4.69) is 6.07 Å². The van der Waals surface area contributed by atoms with Gasteiger partial charge in [0, 0.05) is 6.54 Å². The molecular formula is C6H11N3. The summed E-state index contributed by atoms with van der Waals surface area (Å²) >= 11 is 0. The van der Waals surface area contributed by atoms with E-state index in [9.17, 15) is 0 Å². The van der Waals surface area contributed by atoms with Gasteiger partial charge < -0.3 is 11.5 Å². The maximum atomic E-state index is 8.57. The molecule has 0 heterocycles. The van der Waals surface area contributed by atoms with E-state index < -0.39 is 0 Å². The second kappa shape index (κ2) is 1.98. The molecule has 1 fully saturated rings. The van der Waals surface area contributed by atoms with Gasteiger partial charge in [-0.05, 0) is 18.9 Å². The van der Waals surface area contributed by atoms with E-state index in [0.29, 0.717) is 19.0 Å². The minimum atomic E-state index is -0.241. The Morgan fingerprint density at radius 3 is 2.44 bits per heavy atom. The van der Waals surface area contributed by atoms with Crippen LogP contribution in [0, 0.1) is 22.7 Å². The van der Waals surface area contributed by atoms with Gasteiger partial charge in [0.1, 0.15) is 0 Å². The van der Waals surface area contributed by atoms with Crippen LogP contribution < -0.4 is 11.5 Å². The summed E-state index contributed by atoms with van der Waals surface area (Å²) in [4.78, 5) is 0. The molecule has 3 heteroatoms. The van der Waals surface area contributed by atoms with Crippen molar-refractivity contribution in [3.8, 4) is 6.07 Å². The smallest absolute Gasteiger partial charge is 0.0740 e. The minimum absolute atomic E-state index is 0.241. The monoisotopic (exact) mass is 125 g/mol. The molecular weight excluding hydrogens is 114 g/mol. The summed E-state index contributed by atoms with van der Waals surface area (Å²) in [6, 6.07) is 2.20. The SMILES string of the molecule is N#CC1(CN)CC1CN. The maximum absolute atomic E-state index is 8.57. The van der Waals surface area contributed by atoms with Crippen LogP contribution in [0.2, 0.25) is 0 Å². The van der Waals surface area contributed by atoms with E-state index in [1.54, 1.807) is 0 Å². The van der Waals surface area contributed by atoms with E-state index in [4.69, 9.17) is 16.7 Å². The molecule has 0 aliphatic heterocycles. The van der Waals surface area contributed by atoms with Crippen LogP contribution in [0.15, 0.2) is 0 Å². The van der Waals surface area contributed by atoms with Gasteiger partial charge in [0.25, 0.3) is 0 Å². The number of hydrogen-bond donors (Lipinski definition) is 2. The van der Waals surface area contributed by atoms with Crippen molar-refractivity contribution in [2.45, 2.75) is 6.42 Å². The summed E-state index contributed by atoms with van der Waals surface area (Å²) < 4.78 is 0. The quantitative estimate of drug-likeness (QED) is 0.519. The van der Waals surface area contributed by atoms with Crippen LogP contribution in [0.1, 0.15) is 6.42 Å². The van der Waals surface area contributed by atoms with Crippen molar-refractivity contribution in [2.75, 3.05) is 13.1 Å². The second-order valence-corrected chi connectivity index (χ2v) is 2.61. The fourth-order valence-corrected chi connectivity index (χ4v) is 1.12. The lowest BCUT2D eigenvalue weighted by Crippen LogP contribution is -2.18. The normalized spacial score (nSPS) is 39.9. The van der Waals surface area contributed by atoms with E-state index in [-0.39, 0.29) is 5.41 Å². The first-order valence-corrected chi connectivity index (χ1v) is 3.10. The van der Waals surface area contributed by atoms with Crippen LogP contribution in [0.3, 0.4) is 0 Å². The molecule has 0 aromatic heterocycles. The molecule has 0 bridgehead atoms. The van der Waals surface area contributed by atoms with Crippen molar-refractivity contribution in [3.05, 3.63) is 0 Å². The molecule has 1 saturated carbocycles. The van der Waals surface area contributed by atoms with Gasteiger partial charge >= 0.3 is 0 Å². The van der Waals surface area contributed by atoms with E-state index >= 15 is 0 Å². The van der Waals surface area contributed by atoms with Crippen molar-refractivity contribution in [2.24, 2.45) is 22.8 Å². The van der Waals surface area contributed by atoms with Gasteiger partial charge in [-0.3, -0.25) is 0 Å². The highest BCUT2D eigenvalue weighted by molar-refractivity contribution is 5.16. The Morgan fingerprint density at radius 2 is 2.33 bits per heavy atom. The molecule has 1 aliphatic carbocycles. The third-order valence-corrected chi connectivity index (χ3v) is 2.10. The van der Waals surface area contributed by atoms with E-state index in [0.717, 1.165) is 6.42 Å². The predicted octanol–water partition coefficient (Wildman–Crippen LogP) is -0.566. The predicted molar refractivity (Wildman–Crippen MR) is 34.3 cm³/mol. The Bertz CT molecular complexity index is 149. The third-order valence-electron chi connectivity index (χ3n) is 2.10. The Kier molecular flexibility index (Phi) is 1.43. The molecule has 9 heavy (non-hydrogen) atoms. The van der Waals surface area contributed by atoms with Crippen LogP contribution in [-0.2, 0) is 0 Å². The Hall–Kier alpha value is -0.590. The first-order chi connectivity index (χ1) is 4.29. The van der Waals surface area contributed by atoms with Gasteiger partial charge in [-0.1, -0.05) is 0 Å². The Balaban J connectivity index is 2.50. The van der Waals surface area contributed by atoms with Crippen molar-refractivity contribution in [1.82, 2.24) is 0 Å². The molecule has 4 N–H and O–H groups in total. The van der Waals surface area contributed by atoms with Gasteiger partial charge in [-0.2, -0.15) is 5.26 Å². The summed E-state index contributed by atoms with van der Waals surface area (Å²) in [5, 5.41) is 8.57. The van der Waals surface area contributed by atoms with Crippen LogP contribution in [0.25, 0.3) is 0 Å². The number of nitriles is 1. The lowest BCUT2D eigenvalue weighted by molar-refractivity contribution is 0.597. The van der Waals surface area contributed by atoms with Crippen molar-refractivity contribution < 1.29 is 0 Å². The zero-order valence-electron chi connectivity index (χ0n) is 5.30. The zero-order valence-corrected chi connectivity index (χ0v) is 5.30. The van der Waals surface area contributed by atoms with Gasteiger partial charge in [-0.25, -0.2) is 0 Å². The molecule has 2 unspecified atom stereocenters. The third kappa shape index (κ3) is 0.805. The van der Waals surface area contributed by atoms with Gasteiger partial charge in [0.15, 0.2) is 0 Å². The largest absolute Gasteiger partial charge is 0.330 e. The molecule has 0 saturated heterocycles. The fourth-order valence-electron chi connectivity index (χ4n) is 1.12. The molecule has 0 aromatic rings. The van der Waals surface area contributed by atoms with Gasteiger partial charge in [-0.15, -0.1) is 0 Å². The molecule has 1 aliphatic rings. The molecule has 0 amide bonds. The molecule has 0 aromatic carbocycles. The maximum Gasteiger partial charge on any atom is 0.0740 e. The topological polar surface area (TPSA) is 75.8 Å². The van der Waals surface area contributed by atoms with Crippen LogP contribution in [0.5, 0.6) is 0 Å². The Labute approximate surface area is 54.6 Å². The number of hydrogen-bond acceptors (Lipinski definition) is 3. The van der Waals surface area contributed by atoms with E-state index in [1.807, 2.05) is 0 Å². The molecule has 1 rings (SSSR count). The van der Waals surface area contributed by atoms with Crippen molar-refractivity contribution in [1.29, 1.82) is 5.26 Å². The summed E-state index contributed by atoms with van der Waals surface area (Å²) in [6.07, 6.45) is 0.899. The first-order valence-electron chi connectivity index (χ1n) is 3.10. The number of nitrogens with zero attached hydrogens (tertiary/aromatic N) is 1. The van der Waals surface area contributed by atoms with Gasteiger partial charge in [0.2, 0.25) is 0 Å². The van der Waals surface area contributed by atoms with E-state index in [1.165, 1.54) is 0 Å². The summed E-state index contributed by atoms with van der Waals surface area (Å²) in [5.74, 6) is 0.368. The van der Waals surface area contributed by atoms with Crippen LogP contribution in [0.4, 0.5) is 0 Å². The van der Waals surface area contributed by atoms with Gasteiger partial charge in [0.05, 0.1) is 11.5 Å². The summed E-state index contributed by atoms with van der Waals surface area (Å²) in [7, 11) is 0. The summed E-state index contributed by atoms with van der Waals surface area (Å²) in [6.45, 7) is 1.07. The highest BCUT2D eigenvalue weighted by atomic mass is 14.7. The second-order valence-electron chi connectivity index (χ2n) is 2.61.